The average Bonchev–Trinajstić information content (AvgIpc) is 2.04. The number of hydrogen-bond acceptors (Lipinski definition) is 2. The fourth-order valence-corrected chi connectivity index (χ4v) is 1.56. The Balaban J connectivity index is 2.41. The molecule has 0 saturated carbocycles. The topological polar surface area (TPSA) is 20.3 Å². The van der Waals surface area contributed by atoms with Crippen LogP contribution < -0.4 is 0 Å². The quantitative estimate of drug-likeness (QED) is 0.536. The molecule has 1 aliphatic rings. The lowest BCUT2D eigenvalue weighted by molar-refractivity contribution is -0.113. The van der Waals surface area contributed by atoms with Gasteiger partial charge in [0.25, 0.3) is 0 Å². The molecule has 10 heavy (non-hydrogen) atoms. The molecule has 1 saturated heterocycles. The largest absolute Gasteiger partial charge is 0.302 e. The molecule has 0 bridgehead atoms. The predicted octanol–water partition coefficient (Wildman–Crippen LogP) is 1.06. The minimum atomic E-state index is 0.221. The molecule has 0 aromatic heterocycles. The van der Waals surface area contributed by atoms with Crippen LogP contribution in [0.1, 0.15) is 26.2 Å². The lowest BCUT2D eigenvalue weighted by Gasteiger charge is -2.30. The number of carbonyl (C=O) groups excluding carboxylic acids is 1. The Hall–Kier alpha value is -0.370. The number of rotatable bonds is 2. The summed E-state index contributed by atoms with van der Waals surface area (Å²) < 4.78 is 0. The van der Waals surface area contributed by atoms with Crippen molar-refractivity contribution in [3.8, 4) is 0 Å². The molecule has 2 heteroatoms. The van der Waals surface area contributed by atoms with Gasteiger partial charge in [0, 0.05) is 0 Å². The van der Waals surface area contributed by atoms with E-state index in [1.807, 2.05) is 0 Å². The maximum absolute atomic E-state index is 10.5. The third-order valence-corrected chi connectivity index (χ3v) is 2.23. The van der Waals surface area contributed by atoms with E-state index in [-0.39, 0.29) is 6.04 Å². The smallest absolute Gasteiger partial charge is 0.137 e. The summed E-state index contributed by atoms with van der Waals surface area (Å²) in [5.74, 6) is 0. The monoisotopic (exact) mass is 141 g/mol. The summed E-state index contributed by atoms with van der Waals surface area (Å²) in [6, 6.07) is 0.221. The molecule has 1 rings (SSSR count). The van der Waals surface area contributed by atoms with Gasteiger partial charge in [-0.3, -0.25) is 4.90 Å². The molecule has 0 aromatic carbocycles. The van der Waals surface area contributed by atoms with E-state index in [0.717, 1.165) is 25.8 Å². The van der Waals surface area contributed by atoms with Crippen LogP contribution in [0, 0.1) is 0 Å². The van der Waals surface area contributed by atoms with Gasteiger partial charge in [-0.1, -0.05) is 13.3 Å². The van der Waals surface area contributed by atoms with Gasteiger partial charge in [-0.2, -0.15) is 0 Å². The van der Waals surface area contributed by atoms with E-state index in [0.29, 0.717) is 0 Å². The van der Waals surface area contributed by atoms with E-state index in [1.54, 1.807) is 0 Å². The van der Waals surface area contributed by atoms with Gasteiger partial charge in [0.15, 0.2) is 0 Å². The molecular formula is C8H15NO. The van der Waals surface area contributed by atoms with Crippen molar-refractivity contribution in [3.63, 3.8) is 0 Å². The molecule has 1 atom stereocenters. The molecule has 0 aromatic rings. The van der Waals surface area contributed by atoms with Crippen LogP contribution >= 0.6 is 0 Å². The summed E-state index contributed by atoms with van der Waals surface area (Å²) in [6.45, 7) is 4.24. The zero-order valence-corrected chi connectivity index (χ0v) is 6.55. The van der Waals surface area contributed by atoms with Crippen molar-refractivity contribution >= 4 is 6.29 Å². The molecular weight excluding hydrogens is 126 g/mol. The van der Waals surface area contributed by atoms with Crippen LogP contribution in [-0.4, -0.2) is 30.3 Å². The van der Waals surface area contributed by atoms with Gasteiger partial charge in [-0.05, 0) is 25.9 Å². The highest BCUT2D eigenvalue weighted by atomic mass is 16.1. The number of hydrogen-bond donors (Lipinski definition) is 0. The number of nitrogens with zero attached hydrogens (tertiary/aromatic N) is 1. The second kappa shape index (κ2) is 3.71. The first kappa shape index (κ1) is 7.73. The SMILES string of the molecule is CCN1CCCC[C@@H]1C=O. The Morgan fingerprint density at radius 2 is 2.40 bits per heavy atom. The van der Waals surface area contributed by atoms with Gasteiger partial charge in [0.1, 0.15) is 6.29 Å². The molecule has 0 radical (unpaired) electrons. The fraction of sp³-hybridized carbons (Fsp3) is 0.875. The second-order valence-corrected chi connectivity index (χ2v) is 2.83. The maximum atomic E-state index is 10.5. The summed E-state index contributed by atoms with van der Waals surface area (Å²) in [5, 5.41) is 0. The number of likely N-dealkylation sites (tertiary alicyclic amines) is 1. The fourth-order valence-electron chi connectivity index (χ4n) is 1.56. The van der Waals surface area contributed by atoms with E-state index in [9.17, 15) is 4.79 Å². The molecule has 0 aliphatic carbocycles. The van der Waals surface area contributed by atoms with Crippen molar-refractivity contribution in [2.24, 2.45) is 0 Å². The van der Waals surface area contributed by atoms with Crippen molar-refractivity contribution in [1.82, 2.24) is 4.90 Å². The summed E-state index contributed by atoms with van der Waals surface area (Å²) in [6.07, 6.45) is 4.64. The molecule has 0 N–H and O–H groups in total. The van der Waals surface area contributed by atoms with Crippen LogP contribution in [-0.2, 0) is 4.79 Å². The Morgan fingerprint density at radius 3 is 2.90 bits per heavy atom. The Bertz CT molecular complexity index is 114. The summed E-state index contributed by atoms with van der Waals surface area (Å²) in [5.41, 5.74) is 0. The second-order valence-electron chi connectivity index (χ2n) is 2.83. The Labute approximate surface area is 62.2 Å². The van der Waals surface area contributed by atoms with Gasteiger partial charge in [0.05, 0.1) is 6.04 Å². The lowest BCUT2D eigenvalue weighted by atomic mass is 10.0. The first-order valence-electron chi connectivity index (χ1n) is 4.08. The molecule has 1 aliphatic heterocycles. The first-order chi connectivity index (χ1) is 4.88. The van der Waals surface area contributed by atoms with Crippen LogP contribution in [0.25, 0.3) is 0 Å². The van der Waals surface area contributed by atoms with Crippen molar-refractivity contribution < 1.29 is 4.79 Å². The van der Waals surface area contributed by atoms with E-state index in [4.69, 9.17) is 0 Å². The van der Waals surface area contributed by atoms with Gasteiger partial charge in [-0.15, -0.1) is 0 Å². The summed E-state index contributed by atoms with van der Waals surface area (Å²) >= 11 is 0. The van der Waals surface area contributed by atoms with Gasteiger partial charge in [0.2, 0.25) is 0 Å². The molecule has 0 amide bonds. The Kier molecular flexibility index (Phi) is 2.87. The number of piperidine rings is 1. The molecule has 58 valence electrons. The lowest BCUT2D eigenvalue weighted by Crippen LogP contribution is -2.40. The van der Waals surface area contributed by atoms with E-state index in [1.165, 1.54) is 12.8 Å². The van der Waals surface area contributed by atoms with Crippen molar-refractivity contribution in [2.75, 3.05) is 13.1 Å². The highest BCUT2D eigenvalue weighted by Crippen LogP contribution is 2.14. The minimum Gasteiger partial charge on any atom is -0.302 e. The van der Waals surface area contributed by atoms with Crippen molar-refractivity contribution in [3.05, 3.63) is 0 Å². The number of aldehydes is 1. The maximum Gasteiger partial charge on any atom is 0.137 e. The zero-order valence-electron chi connectivity index (χ0n) is 6.55. The predicted molar refractivity (Wildman–Crippen MR) is 41.0 cm³/mol. The van der Waals surface area contributed by atoms with Crippen molar-refractivity contribution in [2.45, 2.75) is 32.2 Å². The Morgan fingerprint density at radius 1 is 1.60 bits per heavy atom. The van der Waals surface area contributed by atoms with Crippen LogP contribution in [0.5, 0.6) is 0 Å². The van der Waals surface area contributed by atoms with E-state index < -0.39 is 0 Å². The molecule has 2 nitrogen and oxygen atoms in total. The standard InChI is InChI=1S/C8H15NO/c1-2-9-6-4-3-5-8(9)7-10/h7-8H,2-6H2,1H3/t8-/m1/s1. The van der Waals surface area contributed by atoms with Crippen LogP contribution in [0.2, 0.25) is 0 Å². The zero-order chi connectivity index (χ0) is 7.40. The van der Waals surface area contributed by atoms with Gasteiger partial charge in [-0.25, -0.2) is 0 Å². The normalized spacial score (nSPS) is 28.3. The molecule has 1 heterocycles. The van der Waals surface area contributed by atoms with E-state index >= 15 is 0 Å². The highest BCUT2D eigenvalue weighted by molar-refractivity contribution is 5.57. The summed E-state index contributed by atoms with van der Waals surface area (Å²) in [7, 11) is 0. The highest BCUT2D eigenvalue weighted by Gasteiger charge is 2.19. The molecule has 0 spiro atoms. The average molecular weight is 141 g/mol. The van der Waals surface area contributed by atoms with E-state index in [2.05, 4.69) is 11.8 Å². The van der Waals surface area contributed by atoms with Crippen LogP contribution in [0.3, 0.4) is 0 Å². The van der Waals surface area contributed by atoms with Crippen LogP contribution in [0.4, 0.5) is 0 Å². The van der Waals surface area contributed by atoms with Crippen molar-refractivity contribution in [1.29, 1.82) is 0 Å². The first-order valence-corrected chi connectivity index (χ1v) is 4.08. The van der Waals surface area contributed by atoms with Crippen LogP contribution in [0.15, 0.2) is 0 Å². The number of carbonyl (C=O) groups is 1. The van der Waals surface area contributed by atoms with Gasteiger partial charge < -0.3 is 4.79 Å². The van der Waals surface area contributed by atoms with Gasteiger partial charge >= 0.3 is 0 Å². The third-order valence-electron chi connectivity index (χ3n) is 2.23. The number of likely N-dealkylation sites (N-methyl/N-ethyl adjacent to an activating group) is 1. The minimum absolute atomic E-state index is 0.221. The molecule has 1 fully saturated rings. The molecule has 0 unspecified atom stereocenters. The summed E-state index contributed by atoms with van der Waals surface area (Å²) in [4.78, 5) is 12.7. The third kappa shape index (κ3) is 1.57.